The highest BCUT2D eigenvalue weighted by Crippen LogP contribution is 2.32. The average molecular weight is 348 g/mol. The topological polar surface area (TPSA) is 56.5 Å². The molecule has 0 saturated heterocycles. The van der Waals surface area contributed by atoms with Crippen molar-refractivity contribution < 1.29 is 27.1 Å². The summed E-state index contributed by atoms with van der Waals surface area (Å²) in [6.07, 6.45) is -4.56. The Bertz CT molecular complexity index is 989. The Morgan fingerprint density at radius 1 is 1.04 bits per heavy atom. The maximum Gasteiger partial charge on any atom is 0.416 e. The SMILES string of the molecule is O=C(OCc1ccccc1C(F)(F)F)c1cc(=O)c2ccccc2o1. The Morgan fingerprint density at radius 3 is 2.48 bits per heavy atom. The van der Waals surface area contributed by atoms with E-state index < -0.39 is 29.7 Å². The van der Waals surface area contributed by atoms with Gasteiger partial charge in [0.2, 0.25) is 5.76 Å². The molecule has 25 heavy (non-hydrogen) atoms. The lowest BCUT2D eigenvalue weighted by atomic mass is 10.1. The molecule has 0 aliphatic carbocycles. The van der Waals surface area contributed by atoms with Crippen LogP contribution in [0.3, 0.4) is 0 Å². The molecule has 0 saturated carbocycles. The second-order valence-electron chi connectivity index (χ2n) is 5.20. The number of esters is 1. The van der Waals surface area contributed by atoms with E-state index >= 15 is 0 Å². The van der Waals surface area contributed by atoms with Gasteiger partial charge in [-0.05, 0) is 18.2 Å². The third-order valence-corrected chi connectivity index (χ3v) is 3.52. The quantitative estimate of drug-likeness (QED) is 0.667. The summed E-state index contributed by atoms with van der Waals surface area (Å²) in [5.74, 6) is -1.38. The summed E-state index contributed by atoms with van der Waals surface area (Å²) in [5.41, 5.74) is -1.32. The molecule has 0 bridgehead atoms. The lowest BCUT2D eigenvalue weighted by Crippen LogP contribution is -2.13. The van der Waals surface area contributed by atoms with E-state index in [9.17, 15) is 22.8 Å². The van der Waals surface area contributed by atoms with Crippen molar-refractivity contribution in [2.45, 2.75) is 12.8 Å². The van der Waals surface area contributed by atoms with Gasteiger partial charge in [0.15, 0.2) is 5.43 Å². The first-order valence-electron chi connectivity index (χ1n) is 7.21. The van der Waals surface area contributed by atoms with Crippen LogP contribution in [0, 0.1) is 0 Å². The number of carbonyl (C=O) groups is 1. The van der Waals surface area contributed by atoms with Crippen molar-refractivity contribution in [3.8, 4) is 0 Å². The number of fused-ring (bicyclic) bond motifs is 1. The lowest BCUT2D eigenvalue weighted by Gasteiger charge is -2.12. The summed E-state index contributed by atoms with van der Waals surface area (Å²) >= 11 is 0. The largest absolute Gasteiger partial charge is 0.455 e. The Hall–Kier alpha value is -3.09. The monoisotopic (exact) mass is 348 g/mol. The minimum Gasteiger partial charge on any atom is -0.455 e. The van der Waals surface area contributed by atoms with Crippen LogP contribution in [0.25, 0.3) is 11.0 Å². The molecule has 0 spiro atoms. The fourth-order valence-electron chi connectivity index (χ4n) is 2.34. The van der Waals surface area contributed by atoms with Gasteiger partial charge in [0, 0.05) is 11.6 Å². The Balaban J connectivity index is 1.84. The maximum atomic E-state index is 12.9. The molecular weight excluding hydrogens is 337 g/mol. The second-order valence-corrected chi connectivity index (χ2v) is 5.20. The standard InChI is InChI=1S/C18H11F3O4/c19-18(20,21)13-7-3-1-5-11(13)10-24-17(23)16-9-14(22)12-6-2-4-8-15(12)25-16/h1-9H,10H2. The molecule has 128 valence electrons. The fourth-order valence-corrected chi connectivity index (χ4v) is 2.34. The summed E-state index contributed by atoms with van der Waals surface area (Å²) in [4.78, 5) is 24.0. The van der Waals surface area contributed by atoms with Crippen LogP contribution in [0.4, 0.5) is 13.2 Å². The van der Waals surface area contributed by atoms with Gasteiger partial charge in [-0.3, -0.25) is 4.79 Å². The van der Waals surface area contributed by atoms with Crippen LogP contribution in [-0.2, 0) is 17.5 Å². The highest BCUT2D eigenvalue weighted by Gasteiger charge is 2.33. The molecule has 0 aliphatic rings. The number of halogens is 3. The molecule has 3 aromatic rings. The first kappa shape index (κ1) is 16.8. The normalized spacial score (nSPS) is 11.5. The van der Waals surface area contributed by atoms with E-state index in [1.54, 1.807) is 12.1 Å². The molecule has 0 unspecified atom stereocenters. The number of ether oxygens (including phenoxy) is 1. The molecular formula is C18H11F3O4. The van der Waals surface area contributed by atoms with E-state index in [2.05, 4.69) is 0 Å². The highest BCUT2D eigenvalue weighted by molar-refractivity contribution is 5.88. The Kier molecular flexibility index (Phi) is 4.31. The Labute approximate surface area is 139 Å². The summed E-state index contributed by atoms with van der Waals surface area (Å²) in [7, 11) is 0. The zero-order valence-corrected chi connectivity index (χ0v) is 12.7. The van der Waals surface area contributed by atoms with Gasteiger partial charge in [-0.15, -0.1) is 0 Å². The van der Waals surface area contributed by atoms with Gasteiger partial charge in [-0.25, -0.2) is 4.79 Å². The van der Waals surface area contributed by atoms with E-state index in [0.29, 0.717) is 5.39 Å². The fraction of sp³-hybridized carbons (Fsp3) is 0.111. The highest BCUT2D eigenvalue weighted by atomic mass is 19.4. The van der Waals surface area contributed by atoms with E-state index in [0.717, 1.165) is 12.1 Å². The van der Waals surface area contributed by atoms with Crippen LogP contribution in [0.1, 0.15) is 21.7 Å². The summed E-state index contributed by atoms with van der Waals surface area (Å²) in [6, 6.07) is 12.0. The van der Waals surface area contributed by atoms with Crippen LogP contribution in [-0.4, -0.2) is 5.97 Å². The smallest absolute Gasteiger partial charge is 0.416 e. The molecule has 4 nitrogen and oxygen atoms in total. The second kappa shape index (κ2) is 6.43. The maximum absolute atomic E-state index is 12.9. The summed E-state index contributed by atoms with van der Waals surface area (Å²) in [6.45, 7) is -0.592. The molecule has 3 rings (SSSR count). The number of hydrogen-bond acceptors (Lipinski definition) is 4. The van der Waals surface area contributed by atoms with Crippen LogP contribution in [0.5, 0.6) is 0 Å². The van der Waals surface area contributed by atoms with Crippen molar-refractivity contribution in [2.24, 2.45) is 0 Å². The van der Waals surface area contributed by atoms with Gasteiger partial charge in [0.1, 0.15) is 12.2 Å². The van der Waals surface area contributed by atoms with Gasteiger partial charge >= 0.3 is 12.1 Å². The van der Waals surface area contributed by atoms with E-state index in [4.69, 9.17) is 9.15 Å². The number of alkyl halides is 3. The molecule has 0 N–H and O–H groups in total. The first-order chi connectivity index (χ1) is 11.9. The number of para-hydroxylation sites is 1. The predicted octanol–water partition coefficient (Wildman–Crippen LogP) is 4.17. The van der Waals surface area contributed by atoms with Crippen molar-refractivity contribution >= 4 is 16.9 Å². The minimum absolute atomic E-state index is 0.188. The van der Waals surface area contributed by atoms with Crippen molar-refractivity contribution in [2.75, 3.05) is 0 Å². The minimum atomic E-state index is -4.56. The van der Waals surface area contributed by atoms with Crippen LogP contribution >= 0.6 is 0 Å². The summed E-state index contributed by atoms with van der Waals surface area (Å²) < 4.78 is 48.9. The lowest BCUT2D eigenvalue weighted by molar-refractivity contribution is -0.138. The molecule has 0 aliphatic heterocycles. The molecule has 0 atom stereocenters. The van der Waals surface area contributed by atoms with Crippen LogP contribution < -0.4 is 5.43 Å². The molecule has 0 fully saturated rings. The molecule has 7 heteroatoms. The van der Waals surface area contributed by atoms with Gasteiger partial charge < -0.3 is 9.15 Å². The molecule has 0 radical (unpaired) electrons. The Morgan fingerprint density at radius 2 is 1.72 bits per heavy atom. The molecule has 0 amide bonds. The van der Waals surface area contributed by atoms with E-state index in [1.165, 1.54) is 30.3 Å². The van der Waals surface area contributed by atoms with Crippen molar-refractivity contribution in [1.82, 2.24) is 0 Å². The zero-order valence-electron chi connectivity index (χ0n) is 12.7. The van der Waals surface area contributed by atoms with Gasteiger partial charge in [-0.1, -0.05) is 30.3 Å². The van der Waals surface area contributed by atoms with Crippen molar-refractivity contribution in [3.05, 3.63) is 81.7 Å². The third-order valence-electron chi connectivity index (χ3n) is 3.52. The first-order valence-corrected chi connectivity index (χ1v) is 7.21. The van der Waals surface area contributed by atoms with Crippen LogP contribution in [0.2, 0.25) is 0 Å². The molecule has 2 aromatic carbocycles. The molecule has 1 heterocycles. The van der Waals surface area contributed by atoms with Crippen LogP contribution in [0.15, 0.2) is 63.8 Å². The average Bonchev–Trinajstić information content (AvgIpc) is 2.59. The third kappa shape index (κ3) is 3.55. The van der Waals surface area contributed by atoms with E-state index in [-0.39, 0.29) is 16.9 Å². The number of benzene rings is 2. The summed E-state index contributed by atoms with van der Waals surface area (Å²) in [5, 5.41) is 0.293. The van der Waals surface area contributed by atoms with E-state index in [1.807, 2.05) is 0 Å². The van der Waals surface area contributed by atoms with Gasteiger partial charge in [0.25, 0.3) is 0 Å². The van der Waals surface area contributed by atoms with Crippen molar-refractivity contribution in [1.29, 1.82) is 0 Å². The van der Waals surface area contributed by atoms with Gasteiger partial charge in [0.05, 0.1) is 10.9 Å². The predicted molar refractivity (Wildman–Crippen MR) is 83.0 cm³/mol. The number of hydrogen-bond donors (Lipinski definition) is 0. The molecule has 1 aromatic heterocycles. The zero-order chi connectivity index (χ0) is 18.0. The van der Waals surface area contributed by atoms with Crippen molar-refractivity contribution in [3.63, 3.8) is 0 Å². The number of rotatable bonds is 3. The van der Waals surface area contributed by atoms with Gasteiger partial charge in [-0.2, -0.15) is 13.2 Å². The number of carbonyl (C=O) groups excluding carboxylic acids is 1.